The van der Waals surface area contributed by atoms with Gasteiger partial charge in [0.05, 0.1) is 0 Å². The maximum atomic E-state index is 2.53. The molecule has 0 N–H and O–H groups in total. The molecular weight excluding hydrogens is 701 g/mol. The third-order valence-electron chi connectivity index (χ3n) is 13.1. The second kappa shape index (κ2) is 13.1. The van der Waals surface area contributed by atoms with Crippen LogP contribution in [-0.2, 0) is 10.8 Å². The molecule has 2 nitrogen and oxygen atoms in total. The lowest BCUT2D eigenvalue weighted by molar-refractivity contribution is 0.652. The van der Waals surface area contributed by atoms with Crippen molar-refractivity contribution in [1.29, 1.82) is 0 Å². The Bertz CT molecular complexity index is 2800. The predicted molar refractivity (Wildman–Crippen MR) is 247 cm³/mol. The third kappa shape index (κ3) is 5.69. The molecule has 8 aromatic rings. The van der Waals surface area contributed by atoms with E-state index < -0.39 is 0 Å². The molecule has 0 fully saturated rings. The molecule has 0 aromatic heterocycles. The van der Waals surface area contributed by atoms with Crippen LogP contribution in [-0.4, -0.2) is 0 Å². The van der Waals surface area contributed by atoms with Crippen molar-refractivity contribution in [2.75, 3.05) is 9.80 Å². The SMILES string of the molecule is Cc1ccc(N(c2ccc(C)cc2)c2ccc3c(c2)C(C)(C)c2cc4c(cc2-3)C(C)(C)c2cc3cc(N(c5ccc(C)cc5)c5ccc(C)cc5)ccc3cc2-4)cc1. The molecule has 10 rings (SSSR count). The van der Waals surface area contributed by atoms with Crippen molar-refractivity contribution in [1.82, 2.24) is 0 Å². The van der Waals surface area contributed by atoms with Crippen LogP contribution in [0.4, 0.5) is 34.1 Å². The number of nitrogens with zero attached hydrogens (tertiary/aromatic N) is 2. The van der Waals surface area contributed by atoms with Gasteiger partial charge < -0.3 is 9.80 Å². The first-order valence-electron chi connectivity index (χ1n) is 20.7. The zero-order chi connectivity index (χ0) is 40.1. The fourth-order valence-corrected chi connectivity index (χ4v) is 9.63. The topological polar surface area (TPSA) is 6.48 Å². The lowest BCUT2D eigenvalue weighted by atomic mass is 9.79. The standard InChI is InChI=1S/C56H50N2/c1-35-9-18-41(19-10-35)57(42-20-11-36(2)12-21-42)45-26-17-39-30-48-50-34-53-49(33-54(50)55(5,6)51(48)31-40(39)29-45)47-28-27-46(32-52(47)56(53,7)8)58(43-22-13-37(3)14-23-43)44-24-15-38(4)16-25-44/h9-34H,1-8H3. The summed E-state index contributed by atoms with van der Waals surface area (Å²) >= 11 is 0. The van der Waals surface area contributed by atoms with E-state index in [1.165, 1.54) is 83.2 Å². The highest BCUT2D eigenvalue weighted by molar-refractivity contribution is 5.98. The van der Waals surface area contributed by atoms with Crippen LogP contribution in [0.3, 0.4) is 0 Å². The van der Waals surface area contributed by atoms with Gasteiger partial charge >= 0.3 is 0 Å². The molecule has 58 heavy (non-hydrogen) atoms. The number of hydrogen-bond acceptors (Lipinski definition) is 2. The molecule has 0 aliphatic heterocycles. The van der Waals surface area contributed by atoms with E-state index in [1.807, 2.05) is 0 Å². The fourth-order valence-electron chi connectivity index (χ4n) is 9.63. The van der Waals surface area contributed by atoms with E-state index in [1.54, 1.807) is 0 Å². The van der Waals surface area contributed by atoms with Gasteiger partial charge in [0, 0.05) is 45.0 Å². The van der Waals surface area contributed by atoms with Crippen molar-refractivity contribution in [3.05, 3.63) is 202 Å². The summed E-state index contributed by atoms with van der Waals surface area (Å²) in [7, 11) is 0. The average Bonchev–Trinajstić information content (AvgIpc) is 3.57. The molecule has 0 amide bonds. The normalized spacial score (nSPS) is 14.1. The summed E-state index contributed by atoms with van der Waals surface area (Å²) in [6, 6.07) is 59.6. The molecule has 0 unspecified atom stereocenters. The Morgan fingerprint density at radius 3 is 1.05 bits per heavy atom. The molecule has 0 spiro atoms. The molecule has 0 heterocycles. The van der Waals surface area contributed by atoms with Crippen molar-refractivity contribution < 1.29 is 0 Å². The smallest absolute Gasteiger partial charge is 0.0468 e. The van der Waals surface area contributed by atoms with E-state index in [4.69, 9.17) is 0 Å². The maximum Gasteiger partial charge on any atom is 0.0468 e. The van der Waals surface area contributed by atoms with Gasteiger partial charge in [0.2, 0.25) is 0 Å². The van der Waals surface area contributed by atoms with Crippen LogP contribution >= 0.6 is 0 Å². The van der Waals surface area contributed by atoms with Crippen LogP contribution in [0, 0.1) is 27.7 Å². The second-order valence-electron chi connectivity index (χ2n) is 17.9. The number of fused-ring (bicyclic) bond motifs is 7. The van der Waals surface area contributed by atoms with Crippen molar-refractivity contribution in [2.24, 2.45) is 0 Å². The minimum atomic E-state index is -0.171. The summed E-state index contributed by atoms with van der Waals surface area (Å²) in [6.07, 6.45) is 0. The first-order chi connectivity index (χ1) is 27.9. The Kier molecular flexibility index (Phi) is 8.12. The first kappa shape index (κ1) is 36.0. The summed E-state index contributed by atoms with van der Waals surface area (Å²) in [6.45, 7) is 18.2. The highest BCUT2D eigenvalue weighted by atomic mass is 15.1. The van der Waals surface area contributed by atoms with Crippen molar-refractivity contribution in [2.45, 2.75) is 66.2 Å². The van der Waals surface area contributed by atoms with Gasteiger partial charge in [-0.05, 0) is 180 Å². The number of hydrogen-bond donors (Lipinski definition) is 0. The van der Waals surface area contributed by atoms with E-state index >= 15 is 0 Å². The molecule has 0 radical (unpaired) electrons. The largest absolute Gasteiger partial charge is 0.310 e. The van der Waals surface area contributed by atoms with Gasteiger partial charge in [0.25, 0.3) is 0 Å². The summed E-state index contributed by atoms with van der Waals surface area (Å²) in [5.74, 6) is 0. The van der Waals surface area contributed by atoms with Crippen LogP contribution in [0.15, 0.2) is 158 Å². The minimum absolute atomic E-state index is 0.155. The van der Waals surface area contributed by atoms with Gasteiger partial charge in [0.15, 0.2) is 0 Å². The van der Waals surface area contributed by atoms with Crippen LogP contribution in [0.2, 0.25) is 0 Å². The summed E-state index contributed by atoms with van der Waals surface area (Å²) < 4.78 is 0. The molecule has 2 aliphatic rings. The van der Waals surface area contributed by atoms with E-state index in [9.17, 15) is 0 Å². The van der Waals surface area contributed by atoms with E-state index in [0.29, 0.717) is 0 Å². The van der Waals surface area contributed by atoms with Gasteiger partial charge in [0.1, 0.15) is 0 Å². The highest BCUT2D eigenvalue weighted by Gasteiger charge is 2.42. The third-order valence-corrected chi connectivity index (χ3v) is 13.1. The predicted octanol–water partition coefficient (Wildman–Crippen LogP) is 15.6. The molecular formula is C56H50N2. The van der Waals surface area contributed by atoms with Gasteiger partial charge in [-0.25, -0.2) is 0 Å². The van der Waals surface area contributed by atoms with Crippen LogP contribution in [0.25, 0.3) is 33.0 Å². The number of aryl methyl sites for hydroxylation is 4. The maximum absolute atomic E-state index is 2.53. The highest BCUT2D eigenvalue weighted by Crippen LogP contribution is 2.57. The molecule has 8 aromatic carbocycles. The van der Waals surface area contributed by atoms with E-state index in [2.05, 4.69) is 223 Å². The van der Waals surface area contributed by atoms with Crippen molar-refractivity contribution >= 4 is 44.9 Å². The molecule has 0 atom stereocenters. The Morgan fingerprint density at radius 1 is 0.276 bits per heavy atom. The van der Waals surface area contributed by atoms with Gasteiger partial charge in [-0.3, -0.25) is 0 Å². The quantitative estimate of drug-likeness (QED) is 0.167. The first-order valence-corrected chi connectivity index (χ1v) is 20.7. The molecule has 2 aliphatic carbocycles. The zero-order valence-corrected chi connectivity index (χ0v) is 34.9. The summed E-state index contributed by atoms with van der Waals surface area (Å²) in [5.41, 5.74) is 22.7. The van der Waals surface area contributed by atoms with E-state index in [0.717, 1.165) is 28.4 Å². The lowest BCUT2D eigenvalue weighted by Crippen LogP contribution is -2.17. The molecule has 0 saturated carbocycles. The minimum Gasteiger partial charge on any atom is -0.310 e. The zero-order valence-electron chi connectivity index (χ0n) is 34.9. The van der Waals surface area contributed by atoms with Gasteiger partial charge in [-0.1, -0.05) is 111 Å². The second-order valence-corrected chi connectivity index (χ2v) is 17.9. The van der Waals surface area contributed by atoms with Gasteiger partial charge in [-0.2, -0.15) is 0 Å². The van der Waals surface area contributed by atoms with Crippen molar-refractivity contribution in [3.63, 3.8) is 0 Å². The molecule has 2 heteroatoms. The molecule has 0 bridgehead atoms. The number of anilines is 6. The monoisotopic (exact) mass is 750 g/mol. The Morgan fingerprint density at radius 2 is 0.603 bits per heavy atom. The number of benzene rings is 8. The Labute approximate surface area is 344 Å². The van der Waals surface area contributed by atoms with Crippen molar-refractivity contribution in [3.8, 4) is 22.3 Å². The van der Waals surface area contributed by atoms with Crippen LogP contribution < -0.4 is 9.80 Å². The van der Waals surface area contributed by atoms with Crippen LogP contribution in [0.5, 0.6) is 0 Å². The van der Waals surface area contributed by atoms with Gasteiger partial charge in [-0.15, -0.1) is 0 Å². The number of rotatable bonds is 6. The lowest BCUT2D eigenvalue weighted by Gasteiger charge is -2.28. The van der Waals surface area contributed by atoms with E-state index in [-0.39, 0.29) is 10.8 Å². The van der Waals surface area contributed by atoms with Crippen LogP contribution in [0.1, 0.15) is 72.2 Å². The summed E-state index contributed by atoms with van der Waals surface area (Å²) in [4.78, 5) is 4.77. The Hall–Kier alpha value is -6.38. The molecule has 0 saturated heterocycles. The average molecular weight is 751 g/mol. The summed E-state index contributed by atoms with van der Waals surface area (Å²) in [5, 5.41) is 2.53. The Balaban J connectivity index is 1.06. The molecule has 284 valence electrons. The fraction of sp³-hybridized carbons (Fsp3) is 0.179.